The number of hydrogen-bond donors (Lipinski definition) is 4. The van der Waals surface area contributed by atoms with E-state index < -0.39 is 35.2 Å². The Labute approximate surface area is 215 Å². The summed E-state index contributed by atoms with van der Waals surface area (Å²) in [6, 6.07) is 7.23. The number of nitrogens with two attached hydrogens (primary N) is 1. The molecule has 0 aliphatic carbocycles. The van der Waals surface area contributed by atoms with Crippen LogP contribution in [-0.2, 0) is 10.3 Å². The lowest BCUT2D eigenvalue weighted by molar-refractivity contribution is -0.123. The van der Waals surface area contributed by atoms with Crippen LogP contribution in [0.1, 0.15) is 57.1 Å². The molecule has 1 amide bonds. The Morgan fingerprint density at radius 2 is 1.91 bits per heavy atom. The zero-order chi connectivity index (χ0) is 26.0. The molecule has 1 aliphatic heterocycles. The van der Waals surface area contributed by atoms with Crippen LogP contribution in [0.25, 0.3) is 0 Å². The Morgan fingerprint density at radius 1 is 1.20 bits per heavy atom. The molecule has 0 spiro atoms. The normalized spacial score (nSPS) is 24.5. The van der Waals surface area contributed by atoms with Crippen LogP contribution in [0, 0.1) is 17.0 Å². The van der Waals surface area contributed by atoms with E-state index in [1.54, 1.807) is 6.07 Å². The third-order valence-corrected chi connectivity index (χ3v) is 7.03. The van der Waals surface area contributed by atoms with E-state index in [0.29, 0.717) is 25.8 Å². The van der Waals surface area contributed by atoms with E-state index in [9.17, 15) is 4.79 Å². The van der Waals surface area contributed by atoms with Crippen molar-refractivity contribution in [3.63, 3.8) is 0 Å². The summed E-state index contributed by atoms with van der Waals surface area (Å²) in [6.45, 7) is 6.40. The Balaban J connectivity index is 2.19. The SMILES string of the molecule is CC(C)(C)C[C@@H]1N[C@@H](C(=O)NCCCCO)[C@H](c2cccc(Cl)c2F)[C@@]1(N)c1ccc(Cl)cc1F. The molecule has 4 atom stereocenters. The Morgan fingerprint density at radius 3 is 2.54 bits per heavy atom. The molecule has 3 rings (SSSR count). The van der Waals surface area contributed by atoms with Gasteiger partial charge in [0, 0.05) is 35.7 Å². The molecule has 192 valence electrons. The summed E-state index contributed by atoms with van der Waals surface area (Å²) < 4.78 is 30.8. The highest BCUT2D eigenvalue weighted by Gasteiger charge is 2.58. The van der Waals surface area contributed by atoms with Gasteiger partial charge in [0.25, 0.3) is 0 Å². The second kappa shape index (κ2) is 11.1. The van der Waals surface area contributed by atoms with Crippen molar-refractivity contribution in [2.75, 3.05) is 13.2 Å². The summed E-state index contributed by atoms with van der Waals surface area (Å²) in [5.41, 5.74) is 5.65. The zero-order valence-corrected chi connectivity index (χ0v) is 21.7. The van der Waals surface area contributed by atoms with Gasteiger partial charge in [0.2, 0.25) is 5.91 Å². The molecule has 1 saturated heterocycles. The molecule has 0 radical (unpaired) electrons. The van der Waals surface area contributed by atoms with Crippen LogP contribution in [0.4, 0.5) is 8.78 Å². The van der Waals surface area contributed by atoms with E-state index in [0.717, 1.165) is 0 Å². The highest BCUT2D eigenvalue weighted by molar-refractivity contribution is 6.31. The number of hydrogen-bond acceptors (Lipinski definition) is 4. The van der Waals surface area contributed by atoms with Gasteiger partial charge in [0.05, 0.1) is 16.6 Å². The van der Waals surface area contributed by atoms with Crippen LogP contribution >= 0.6 is 23.2 Å². The summed E-state index contributed by atoms with van der Waals surface area (Å²) in [5.74, 6) is -2.67. The first-order chi connectivity index (χ1) is 16.4. The minimum atomic E-state index is -1.50. The number of rotatable bonds is 8. The first-order valence-corrected chi connectivity index (χ1v) is 12.5. The van der Waals surface area contributed by atoms with Gasteiger partial charge >= 0.3 is 0 Å². The standard InChI is InChI=1S/C26H33Cl2F2N3O2/c1-25(2,3)14-20-26(31,17-10-9-15(27)13-19(17)29)21(16-7-6-8-18(28)22(16)30)23(33-20)24(35)32-11-4-5-12-34/h6-10,13,20-21,23,33-34H,4-5,11-12,14,31H2,1-3H3,(H,32,35)/t20-,21-,23+,26+/m0/s1. The van der Waals surface area contributed by atoms with Crippen LogP contribution in [0.15, 0.2) is 36.4 Å². The molecule has 0 unspecified atom stereocenters. The maximum atomic E-state index is 15.4. The van der Waals surface area contributed by atoms with Crippen molar-refractivity contribution in [2.24, 2.45) is 11.1 Å². The van der Waals surface area contributed by atoms with Crippen molar-refractivity contribution in [3.8, 4) is 0 Å². The minimum absolute atomic E-state index is 0.0172. The highest BCUT2D eigenvalue weighted by Crippen LogP contribution is 2.49. The van der Waals surface area contributed by atoms with Gasteiger partial charge in [0.1, 0.15) is 11.6 Å². The summed E-state index contributed by atoms with van der Waals surface area (Å²) in [6.07, 6.45) is 1.60. The molecule has 5 N–H and O–H groups in total. The number of nitrogens with one attached hydrogen (secondary N) is 2. The van der Waals surface area contributed by atoms with Crippen LogP contribution in [0.2, 0.25) is 10.0 Å². The Kier molecular flexibility index (Phi) is 8.82. The number of carbonyl (C=O) groups excluding carboxylic acids is 1. The van der Waals surface area contributed by atoms with E-state index >= 15 is 8.78 Å². The lowest BCUT2D eigenvalue weighted by Crippen LogP contribution is -2.52. The van der Waals surface area contributed by atoms with Crippen molar-refractivity contribution in [1.29, 1.82) is 0 Å². The highest BCUT2D eigenvalue weighted by atomic mass is 35.5. The predicted molar refractivity (Wildman–Crippen MR) is 136 cm³/mol. The van der Waals surface area contributed by atoms with Gasteiger partial charge in [-0.2, -0.15) is 0 Å². The first kappa shape index (κ1) is 27.8. The van der Waals surface area contributed by atoms with Crippen LogP contribution in [-0.4, -0.2) is 36.2 Å². The molecular weight excluding hydrogens is 495 g/mol. The number of amides is 1. The smallest absolute Gasteiger partial charge is 0.237 e. The molecule has 0 bridgehead atoms. The topological polar surface area (TPSA) is 87.4 Å². The van der Waals surface area contributed by atoms with Crippen molar-refractivity contribution in [1.82, 2.24) is 10.6 Å². The van der Waals surface area contributed by atoms with E-state index in [4.69, 9.17) is 34.0 Å². The van der Waals surface area contributed by atoms with E-state index in [1.807, 2.05) is 20.8 Å². The molecule has 0 aromatic heterocycles. The third-order valence-electron chi connectivity index (χ3n) is 6.50. The minimum Gasteiger partial charge on any atom is -0.396 e. The fraction of sp³-hybridized carbons (Fsp3) is 0.500. The van der Waals surface area contributed by atoms with Crippen molar-refractivity contribution < 1.29 is 18.7 Å². The number of unbranched alkanes of at least 4 members (excludes halogenated alkanes) is 1. The van der Waals surface area contributed by atoms with Crippen LogP contribution in [0.5, 0.6) is 0 Å². The molecule has 1 fully saturated rings. The van der Waals surface area contributed by atoms with Crippen molar-refractivity contribution in [2.45, 2.75) is 63.6 Å². The number of halogens is 4. The van der Waals surface area contributed by atoms with Crippen LogP contribution < -0.4 is 16.4 Å². The lowest BCUT2D eigenvalue weighted by atomic mass is 9.68. The quantitative estimate of drug-likeness (QED) is 0.368. The second-order valence-corrected chi connectivity index (χ2v) is 11.2. The lowest BCUT2D eigenvalue weighted by Gasteiger charge is -2.40. The third kappa shape index (κ3) is 5.97. The molecule has 2 aromatic carbocycles. The summed E-state index contributed by atoms with van der Waals surface area (Å²) in [5, 5.41) is 15.3. The summed E-state index contributed by atoms with van der Waals surface area (Å²) >= 11 is 12.1. The predicted octanol–water partition coefficient (Wildman–Crippen LogP) is 4.87. The number of carbonyl (C=O) groups is 1. The van der Waals surface area contributed by atoms with Gasteiger partial charge in [-0.15, -0.1) is 0 Å². The van der Waals surface area contributed by atoms with Gasteiger partial charge in [0.15, 0.2) is 0 Å². The van der Waals surface area contributed by atoms with Gasteiger partial charge in [-0.1, -0.05) is 62.2 Å². The first-order valence-electron chi connectivity index (χ1n) is 11.7. The fourth-order valence-electron chi connectivity index (χ4n) is 4.96. The molecule has 1 aliphatic rings. The number of aliphatic hydroxyl groups is 1. The van der Waals surface area contributed by atoms with E-state index in [-0.39, 0.29) is 39.1 Å². The van der Waals surface area contributed by atoms with Crippen molar-refractivity contribution >= 4 is 29.1 Å². The molecular formula is C26H33Cl2F2N3O2. The van der Waals surface area contributed by atoms with E-state index in [1.165, 1.54) is 30.3 Å². The largest absolute Gasteiger partial charge is 0.396 e. The average molecular weight is 528 g/mol. The molecule has 5 nitrogen and oxygen atoms in total. The fourth-order valence-corrected chi connectivity index (χ4v) is 5.30. The maximum Gasteiger partial charge on any atom is 0.237 e. The molecule has 9 heteroatoms. The number of aliphatic hydroxyl groups excluding tert-OH is 1. The zero-order valence-electron chi connectivity index (χ0n) is 20.2. The van der Waals surface area contributed by atoms with Gasteiger partial charge in [-0.25, -0.2) is 8.78 Å². The van der Waals surface area contributed by atoms with E-state index in [2.05, 4.69) is 10.6 Å². The summed E-state index contributed by atoms with van der Waals surface area (Å²) in [7, 11) is 0. The van der Waals surface area contributed by atoms with Gasteiger partial charge in [-0.05, 0) is 48.4 Å². The monoisotopic (exact) mass is 527 g/mol. The maximum absolute atomic E-state index is 15.4. The molecule has 35 heavy (non-hydrogen) atoms. The van der Waals surface area contributed by atoms with Gasteiger partial charge in [-0.3, -0.25) is 4.79 Å². The Bertz CT molecular complexity index is 1060. The summed E-state index contributed by atoms with van der Waals surface area (Å²) in [4.78, 5) is 13.4. The van der Waals surface area contributed by atoms with Crippen molar-refractivity contribution in [3.05, 3.63) is 69.2 Å². The van der Waals surface area contributed by atoms with Gasteiger partial charge < -0.3 is 21.5 Å². The van der Waals surface area contributed by atoms with Crippen LogP contribution in [0.3, 0.4) is 0 Å². The molecule has 2 aromatic rings. The molecule has 1 heterocycles. The Hall–Kier alpha value is -1.77. The number of benzene rings is 2. The molecule has 0 saturated carbocycles. The second-order valence-electron chi connectivity index (χ2n) is 10.4. The average Bonchev–Trinajstić information content (AvgIpc) is 3.04.